The van der Waals surface area contributed by atoms with Crippen molar-refractivity contribution in [2.45, 2.75) is 71.4 Å². The average Bonchev–Trinajstić information content (AvgIpc) is 3.32. The highest BCUT2D eigenvalue weighted by molar-refractivity contribution is 5.97. The van der Waals surface area contributed by atoms with Gasteiger partial charge in [-0.1, -0.05) is 56.3 Å². The molecule has 2 N–H and O–H groups in total. The van der Waals surface area contributed by atoms with E-state index in [0.717, 1.165) is 45.1 Å². The van der Waals surface area contributed by atoms with Gasteiger partial charge >= 0.3 is 5.97 Å². The van der Waals surface area contributed by atoms with E-state index in [2.05, 4.69) is 53.6 Å². The number of hydrogen-bond donors (Lipinski definition) is 2. The van der Waals surface area contributed by atoms with Gasteiger partial charge in [-0.3, -0.25) is 19.3 Å². The summed E-state index contributed by atoms with van der Waals surface area (Å²) in [6, 6.07) is 16.9. The number of esters is 1. The van der Waals surface area contributed by atoms with E-state index in [9.17, 15) is 14.4 Å². The third-order valence-electron chi connectivity index (χ3n) is 6.63. The molecule has 1 saturated heterocycles. The molecule has 7 heteroatoms. The van der Waals surface area contributed by atoms with Gasteiger partial charge in [0.05, 0.1) is 11.6 Å². The first-order chi connectivity index (χ1) is 17.8. The fourth-order valence-corrected chi connectivity index (χ4v) is 4.96. The van der Waals surface area contributed by atoms with Crippen LogP contribution in [-0.4, -0.2) is 54.4 Å². The van der Waals surface area contributed by atoms with E-state index in [1.165, 1.54) is 12.5 Å². The van der Waals surface area contributed by atoms with Crippen molar-refractivity contribution in [3.05, 3.63) is 65.7 Å². The molecule has 0 aromatic heterocycles. The standard InChI is InChI=1S/C30H41N3O4/c1-22(2)20-25(32-29(35)26-15-7-8-17-28(26)37-23(3)34)21-33-19-11-16-27(33)30(36)31-18-10-9-14-24-12-5-4-6-13-24/h4-8,12-13,15,17,22,25,27H,9-11,14,16,18-21H2,1-3H3,(H,31,36)(H,32,35)/t25-,27-/m0/s1. The second-order valence-corrected chi connectivity index (χ2v) is 10.3. The molecule has 1 fully saturated rings. The Morgan fingerprint density at radius 3 is 2.49 bits per heavy atom. The van der Waals surface area contributed by atoms with E-state index in [-0.39, 0.29) is 29.6 Å². The summed E-state index contributed by atoms with van der Waals surface area (Å²) in [7, 11) is 0. The van der Waals surface area contributed by atoms with E-state index in [4.69, 9.17) is 4.74 Å². The van der Waals surface area contributed by atoms with Crippen LogP contribution >= 0.6 is 0 Å². The van der Waals surface area contributed by atoms with Crippen molar-refractivity contribution < 1.29 is 19.1 Å². The lowest BCUT2D eigenvalue weighted by Gasteiger charge is -2.30. The fourth-order valence-electron chi connectivity index (χ4n) is 4.96. The van der Waals surface area contributed by atoms with Gasteiger partial charge in [-0.15, -0.1) is 0 Å². The number of nitrogens with one attached hydrogen (secondary N) is 2. The van der Waals surface area contributed by atoms with Crippen molar-refractivity contribution in [3.8, 4) is 5.75 Å². The summed E-state index contributed by atoms with van der Waals surface area (Å²) in [5.74, 6) is -0.0480. The van der Waals surface area contributed by atoms with Gasteiger partial charge < -0.3 is 15.4 Å². The molecule has 0 saturated carbocycles. The van der Waals surface area contributed by atoms with Gasteiger partial charge in [-0.05, 0) is 68.7 Å². The number of para-hydroxylation sites is 1. The highest BCUT2D eigenvalue weighted by atomic mass is 16.5. The molecular weight excluding hydrogens is 466 g/mol. The summed E-state index contributed by atoms with van der Waals surface area (Å²) in [6.45, 7) is 7.67. The maximum atomic E-state index is 13.1. The van der Waals surface area contributed by atoms with Crippen LogP contribution in [0.25, 0.3) is 0 Å². The maximum Gasteiger partial charge on any atom is 0.308 e. The fraction of sp³-hybridized carbons (Fsp3) is 0.500. The topological polar surface area (TPSA) is 87.7 Å². The van der Waals surface area contributed by atoms with Crippen molar-refractivity contribution in [2.24, 2.45) is 5.92 Å². The first-order valence-electron chi connectivity index (χ1n) is 13.5. The molecule has 200 valence electrons. The van der Waals surface area contributed by atoms with Gasteiger partial charge in [0.1, 0.15) is 5.75 Å². The SMILES string of the molecule is CC(=O)Oc1ccccc1C(=O)N[C@@H](CC(C)C)CN1CCC[C@H]1C(=O)NCCCCc1ccccc1. The highest BCUT2D eigenvalue weighted by Crippen LogP contribution is 2.21. The van der Waals surface area contributed by atoms with E-state index in [1.807, 2.05) is 6.07 Å². The summed E-state index contributed by atoms with van der Waals surface area (Å²) < 4.78 is 5.23. The van der Waals surface area contributed by atoms with Crippen LogP contribution in [0, 0.1) is 5.92 Å². The summed E-state index contributed by atoms with van der Waals surface area (Å²) in [6.07, 6.45) is 5.57. The van der Waals surface area contributed by atoms with Crippen LogP contribution in [0.15, 0.2) is 54.6 Å². The van der Waals surface area contributed by atoms with E-state index < -0.39 is 5.97 Å². The molecule has 2 atom stereocenters. The Kier molecular flexibility index (Phi) is 11.1. The smallest absolute Gasteiger partial charge is 0.308 e. The number of nitrogens with zero attached hydrogens (tertiary/aromatic N) is 1. The molecule has 2 aromatic rings. The molecule has 0 spiro atoms. The summed E-state index contributed by atoms with van der Waals surface area (Å²) in [4.78, 5) is 39.8. The van der Waals surface area contributed by atoms with Crippen LogP contribution < -0.4 is 15.4 Å². The van der Waals surface area contributed by atoms with Gasteiger partial charge in [0.25, 0.3) is 5.91 Å². The number of unbranched alkanes of at least 4 members (excludes halogenated alkanes) is 1. The number of rotatable bonds is 13. The Morgan fingerprint density at radius 2 is 1.76 bits per heavy atom. The molecule has 0 radical (unpaired) electrons. The third-order valence-corrected chi connectivity index (χ3v) is 6.63. The van der Waals surface area contributed by atoms with E-state index in [1.54, 1.807) is 24.3 Å². The van der Waals surface area contributed by atoms with Crippen molar-refractivity contribution in [1.82, 2.24) is 15.5 Å². The van der Waals surface area contributed by atoms with Crippen LogP contribution in [0.3, 0.4) is 0 Å². The lowest BCUT2D eigenvalue weighted by molar-refractivity contribution is -0.132. The predicted molar refractivity (Wildman–Crippen MR) is 145 cm³/mol. The van der Waals surface area contributed by atoms with E-state index >= 15 is 0 Å². The highest BCUT2D eigenvalue weighted by Gasteiger charge is 2.32. The second kappa shape index (κ2) is 14.5. The zero-order valence-corrected chi connectivity index (χ0v) is 22.4. The average molecular weight is 508 g/mol. The molecule has 7 nitrogen and oxygen atoms in total. The number of carbonyl (C=O) groups is 3. The number of carbonyl (C=O) groups excluding carboxylic acids is 3. The van der Waals surface area contributed by atoms with Gasteiger partial charge in [-0.2, -0.15) is 0 Å². The minimum Gasteiger partial charge on any atom is -0.426 e. The molecule has 2 amide bonds. The Morgan fingerprint density at radius 1 is 1.03 bits per heavy atom. The summed E-state index contributed by atoms with van der Waals surface area (Å²) >= 11 is 0. The Hall–Kier alpha value is -3.19. The summed E-state index contributed by atoms with van der Waals surface area (Å²) in [5.41, 5.74) is 1.65. The Bertz CT molecular complexity index is 1020. The molecule has 3 rings (SSSR count). The number of aryl methyl sites for hydroxylation is 1. The van der Waals surface area contributed by atoms with Gasteiger partial charge in [0, 0.05) is 26.1 Å². The normalized spacial score (nSPS) is 16.4. The molecule has 1 heterocycles. The van der Waals surface area contributed by atoms with Gasteiger partial charge in [0.2, 0.25) is 5.91 Å². The number of amides is 2. The predicted octanol–water partition coefficient (Wildman–Crippen LogP) is 4.36. The largest absolute Gasteiger partial charge is 0.426 e. The van der Waals surface area contributed by atoms with Crippen LogP contribution in [0.1, 0.15) is 68.8 Å². The molecule has 0 aliphatic carbocycles. The maximum absolute atomic E-state index is 13.1. The van der Waals surface area contributed by atoms with Crippen LogP contribution in [0.2, 0.25) is 0 Å². The Labute approximate surface area is 221 Å². The van der Waals surface area contributed by atoms with Crippen LogP contribution in [0.5, 0.6) is 5.75 Å². The molecule has 1 aliphatic heterocycles. The zero-order chi connectivity index (χ0) is 26.6. The minimum atomic E-state index is -0.468. The first-order valence-corrected chi connectivity index (χ1v) is 13.5. The number of likely N-dealkylation sites (tertiary alicyclic amines) is 1. The van der Waals surface area contributed by atoms with Crippen molar-refractivity contribution in [1.29, 1.82) is 0 Å². The molecule has 2 aromatic carbocycles. The zero-order valence-electron chi connectivity index (χ0n) is 22.4. The van der Waals surface area contributed by atoms with Crippen molar-refractivity contribution in [2.75, 3.05) is 19.6 Å². The first kappa shape index (κ1) is 28.4. The number of ether oxygens (including phenoxy) is 1. The van der Waals surface area contributed by atoms with Crippen molar-refractivity contribution in [3.63, 3.8) is 0 Å². The number of benzene rings is 2. The van der Waals surface area contributed by atoms with E-state index in [0.29, 0.717) is 24.6 Å². The summed E-state index contributed by atoms with van der Waals surface area (Å²) in [5, 5.41) is 6.27. The molecule has 1 aliphatic rings. The van der Waals surface area contributed by atoms with Crippen molar-refractivity contribution >= 4 is 17.8 Å². The lowest BCUT2D eigenvalue weighted by atomic mass is 10.0. The van der Waals surface area contributed by atoms with Gasteiger partial charge in [0.15, 0.2) is 0 Å². The molecular formula is C30H41N3O4. The molecule has 0 bridgehead atoms. The third kappa shape index (κ3) is 9.32. The monoisotopic (exact) mass is 507 g/mol. The molecule has 0 unspecified atom stereocenters. The second-order valence-electron chi connectivity index (χ2n) is 10.3. The van der Waals surface area contributed by atoms with Crippen LogP contribution in [0.4, 0.5) is 0 Å². The Balaban J connectivity index is 1.53. The minimum absolute atomic E-state index is 0.0760. The quantitative estimate of drug-likeness (QED) is 0.239. The van der Waals surface area contributed by atoms with Crippen LogP contribution in [-0.2, 0) is 16.0 Å². The number of hydrogen-bond acceptors (Lipinski definition) is 5. The lowest BCUT2D eigenvalue weighted by Crippen LogP contribution is -2.50. The van der Waals surface area contributed by atoms with Gasteiger partial charge in [-0.25, -0.2) is 0 Å². The molecule has 37 heavy (non-hydrogen) atoms.